The molecule has 0 saturated heterocycles. The van der Waals surface area contributed by atoms with E-state index in [1.807, 2.05) is 0 Å². The molecule has 0 saturated carbocycles. The fourth-order valence-electron chi connectivity index (χ4n) is 0.794. The second kappa shape index (κ2) is 4.07. The average Bonchev–Trinajstić information content (AvgIpc) is 2.13. The Morgan fingerprint density at radius 2 is 2.23 bits per heavy atom. The molecule has 0 heterocycles. The predicted octanol–water partition coefficient (Wildman–Crippen LogP) is 3.03. The van der Waals surface area contributed by atoms with E-state index in [0.29, 0.717) is 0 Å². The molecule has 2 nitrogen and oxygen atoms in total. The maximum atomic E-state index is 13.1. The van der Waals surface area contributed by atoms with E-state index in [-0.39, 0.29) is 15.1 Å². The summed E-state index contributed by atoms with van der Waals surface area (Å²) in [6.07, 6.45) is 0. The average molecular weight is 267 g/mol. The Labute approximate surface area is 87.8 Å². The van der Waals surface area contributed by atoms with Crippen molar-refractivity contribution >= 4 is 33.5 Å². The van der Waals surface area contributed by atoms with E-state index in [9.17, 15) is 9.18 Å². The molecule has 13 heavy (non-hydrogen) atoms. The van der Waals surface area contributed by atoms with Crippen molar-refractivity contribution in [3.05, 3.63) is 33.0 Å². The zero-order chi connectivity index (χ0) is 10.0. The summed E-state index contributed by atoms with van der Waals surface area (Å²) in [7, 11) is 1.22. The van der Waals surface area contributed by atoms with Crippen LogP contribution in [0.1, 0.15) is 10.4 Å². The zero-order valence-electron chi connectivity index (χ0n) is 6.61. The lowest BCUT2D eigenvalue weighted by molar-refractivity contribution is 0.0599. The summed E-state index contributed by atoms with van der Waals surface area (Å²) >= 11 is 8.39. The summed E-state index contributed by atoms with van der Waals surface area (Å²) in [6.45, 7) is 0. The summed E-state index contributed by atoms with van der Waals surface area (Å²) < 4.78 is 17.6. The van der Waals surface area contributed by atoms with Crippen LogP contribution in [0.15, 0.2) is 16.6 Å². The summed E-state index contributed by atoms with van der Waals surface area (Å²) in [5, 5.41) is -0.0421. The molecule has 1 aromatic carbocycles. The molecule has 0 aliphatic heterocycles. The molecule has 0 aromatic heterocycles. The Kier molecular flexibility index (Phi) is 3.27. The van der Waals surface area contributed by atoms with Crippen LogP contribution in [0.5, 0.6) is 0 Å². The van der Waals surface area contributed by atoms with Crippen molar-refractivity contribution in [2.24, 2.45) is 0 Å². The van der Waals surface area contributed by atoms with Crippen LogP contribution in [-0.4, -0.2) is 13.1 Å². The molecule has 70 valence electrons. The van der Waals surface area contributed by atoms with Gasteiger partial charge in [0.2, 0.25) is 0 Å². The molecule has 0 aliphatic rings. The Morgan fingerprint density at radius 1 is 1.62 bits per heavy atom. The van der Waals surface area contributed by atoms with Gasteiger partial charge in [0, 0.05) is 0 Å². The summed E-state index contributed by atoms with van der Waals surface area (Å²) in [5.41, 5.74) is 0.115. The first kappa shape index (κ1) is 10.5. The zero-order valence-corrected chi connectivity index (χ0v) is 8.95. The molecule has 0 amide bonds. The third-order valence-electron chi connectivity index (χ3n) is 1.44. The number of carbonyl (C=O) groups is 1. The number of halogens is 3. The molecule has 1 aromatic rings. The van der Waals surface area contributed by atoms with Crippen LogP contribution >= 0.6 is 27.5 Å². The van der Waals surface area contributed by atoms with Crippen LogP contribution in [-0.2, 0) is 4.74 Å². The van der Waals surface area contributed by atoms with Crippen molar-refractivity contribution in [3.8, 4) is 0 Å². The SMILES string of the molecule is COC(=O)c1ccc(Cl)c(F)c1Br. The number of benzene rings is 1. The van der Waals surface area contributed by atoms with E-state index in [4.69, 9.17) is 11.6 Å². The quantitative estimate of drug-likeness (QED) is 0.577. The van der Waals surface area contributed by atoms with Gasteiger partial charge in [-0.2, -0.15) is 0 Å². The number of hydrogen-bond acceptors (Lipinski definition) is 2. The number of methoxy groups -OCH3 is 1. The van der Waals surface area contributed by atoms with Crippen LogP contribution in [0.25, 0.3) is 0 Å². The molecule has 0 N–H and O–H groups in total. The first-order chi connectivity index (χ1) is 6.07. The first-order valence-electron chi connectivity index (χ1n) is 3.29. The minimum atomic E-state index is -0.662. The van der Waals surface area contributed by atoms with Gasteiger partial charge in [0.05, 0.1) is 22.2 Å². The minimum absolute atomic E-state index is 0.0202. The van der Waals surface area contributed by atoms with Gasteiger partial charge in [-0.25, -0.2) is 9.18 Å². The predicted molar refractivity (Wildman–Crippen MR) is 50.4 cm³/mol. The van der Waals surface area contributed by atoms with Crippen LogP contribution < -0.4 is 0 Å². The highest BCUT2D eigenvalue weighted by Gasteiger charge is 2.15. The monoisotopic (exact) mass is 266 g/mol. The van der Waals surface area contributed by atoms with Crippen LogP contribution in [0.4, 0.5) is 4.39 Å². The van der Waals surface area contributed by atoms with Gasteiger partial charge in [0.1, 0.15) is 0 Å². The highest BCUT2D eigenvalue weighted by Crippen LogP contribution is 2.27. The van der Waals surface area contributed by atoms with Gasteiger partial charge in [-0.3, -0.25) is 0 Å². The smallest absolute Gasteiger partial charge is 0.339 e. The Balaban J connectivity index is 3.26. The van der Waals surface area contributed by atoms with Crippen LogP contribution in [0, 0.1) is 5.82 Å². The molecular formula is C8H5BrClFO2. The number of carbonyl (C=O) groups excluding carboxylic acids is 1. The largest absolute Gasteiger partial charge is 0.465 e. The maximum Gasteiger partial charge on any atom is 0.339 e. The van der Waals surface area contributed by atoms with E-state index in [2.05, 4.69) is 20.7 Å². The Morgan fingerprint density at radius 3 is 2.77 bits per heavy atom. The fourth-order valence-corrected chi connectivity index (χ4v) is 1.57. The van der Waals surface area contributed by atoms with Crippen molar-refractivity contribution in [2.75, 3.05) is 7.11 Å². The standard InChI is InChI=1S/C8H5BrClFO2/c1-13-8(12)4-2-3-5(10)7(11)6(4)9/h2-3H,1H3. The highest BCUT2D eigenvalue weighted by atomic mass is 79.9. The number of hydrogen-bond donors (Lipinski definition) is 0. The Hall–Kier alpha value is -0.610. The van der Waals surface area contributed by atoms with Gasteiger partial charge in [-0.05, 0) is 28.1 Å². The molecule has 0 atom stereocenters. The third kappa shape index (κ3) is 2.00. The lowest BCUT2D eigenvalue weighted by Gasteiger charge is -2.03. The molecule has 0 fully saturated rings. The number of ether oxygens (including phenoxy) is 1. The van der Waals surface area contributed by atoms with E-state index < -0.39 is 11.8 Å². The molecule has 0 unspecified atom stereocenters. The number of rotatable bonds is 1. The molecule has 0 aliphatic carbocycles. The van der Waals surface area contributed by atoms with Crippen LogP contribution in [0.2, 0.25) is 5.02 Å². The summed E-state index contributed by atoms with van der Waals surface area (Å²) in [5.74, 6) is -1.27. The van der Waals surface area contributed by atoms with Crippen LogP contribution in [0.3, 0.4) is 0 Å². The lowest BCUT2D eigenvalue weighted by atomic mass is 10.2. The molecule has 1 rings (SSSR count). The van der Waals surface area contributed by atoms with Crippen molar-refractivity contribution in [2.45, 2.75) is 0 Å². The van der Waals surface area contributed by atoms with Gasteiger partial charge in [0.25, 0.3) is 0 Å². The second-order valence-corrected chi connectivity index (χ2v) is 3.41. The fraction of sp³-hybridized carbons (Fsp3) is 0.125. The first-order valence-corrected chi connectivity index (χ1v) is 4.47. The van der Waals surface area contributed by atoms with Gasteiger partial charge in [0.15, 0.2) is 5.82 Å². The van der Waals surface area contributed by atoms with Crippen molar-refractivity contribution in [1.82, 2.24) is 0 Å². The number of esters is 1. The summed E-state index contributed by atoms with van der Waals surface area (Å²) in [4.78, 5) is 11.0. The van der Waals surface area contributed by atoms with Crippen molar-refractivity contribution < 1.29 is 13.9 Å². The van der Waals surface area contributed by atoms with E-state index in [1.165, 1.54) is 19.2 Å². The van der Waals surface area contributed by atoms with Gasteiger partial charge >= 0.3 is 5.97 Å². The second-order valence-electron chi connectivity index (χ2n) is 2.21. The van der Waals surface area contributed by atoms with Crippen molar-refractivity contribution in [1.29, 1.82) is 0 Å². The topological polar surface area (TPSA) is 26.3 Å². The Bertz CT molecular complexity index is 354. The molecular weight excluding hydrogens is 262 g/mol. The van der Waals surface area contributed by atoms with E-state index in [0.717, 1.165) is 0 Å². The van der Waals surface area contributed by atoms with Gasteiger partial charge < -0.3 is 4.74 Å². The van der Waals surface area contributed by atoms with E-state index in [1.54, 1.807) is 0 Å². The lowest BCUT2D eigenvalue weighted by Crippen LogP contribution is -2.03. The normalized spacial score (nSPS) is 9.85. The van der Waals surface area contributed by atoms with Crippen molar-refractivity contribution in [3.63, 3.8) is 0 Å². The molecule has 0 radical (unpaired) electrons. The molecule has 0 spiro atoms. The third-order valence-corrected chi connectivity index (χ3v) is 2.51. The molecule has 5 heteroatoms. The highest BCUT2D eigenvalue weighted by molar-refractivity contribution is 9.10. The maximum absolute atomic E-state index is 13.1. The minimum Gasteiger partial charge on any atom is -0.465 e. The van der Waals surface area contributed by atoms with E-state index >= 15 is 0 Å². The summed E-state index contributed by atoms with van der Waals surface area (Å²) in [6, 6.07) is 2.69. The molecule has 0 bridgehead atoms. The van der Waals surface area contributed by atoms with Gasteiger partial charge in [-0.1, -0.05) is 11.6 Å². The van der Waals surface area contributed by atoms with Gasteiger partial charge in [-0.15, -0.1) is 0 Å².